The molecule has 0 aliphatic rings. The predicted octanol–water partition coefficient (Wildman–Crippen LogP) is 0.270. The van der Waals surface area contributed by atoms with Crippen molar-refractivity contribution in [2.75, 3.05) is 24.2 Å². The predicted molar refractivity (Wildman–Crippen MR) is 91.8 cm³/mol. The first-order valence-corrected chi connectivity index (χ1v) is 7.94. The summed E-state index contributed by atoms with van der Waals surface area (Å²) in [6.45, 7) is 6.30. The Hall–Kier alpha value is -2.25. The molecule has 23 heavy (non-hydrogen) atoms. The van der Waals surface area contributed by atoms with Gasteiger partial charge in [0.05, 0.1) is 6.54 Å². The van der Waals surface area contributed by atoms with E-state index in [0.29, 0.717) is 6.54 Å². The van der Waals surface area contributed by atoms with Gasteiger partial charge in [-0.15, -0.1) is 0 Å². The summed E-state index contributed by atoms with van der Waals surface area (Å²) in [6.07, 6.45) is 2.49. The number of aromatic amines is 1. The van der Waals surface area contributed by atoms with Gasteiger partial charge >= 0.3 is 5.69 Å². The molecule has 0 fully saturated rings. The fraction of sp³-hybridized carbons (Fsp3) is 0.667. The van der Waals surface area contributed by atoms with Gasteiger partial charge in [-0.1, -0.05) is 20.3 Å². The smallest absolute Gasteiger partial charge is 0.330 e. The third-order valence-electron chi connectivity index (χ3n) is 3.73. The van der Waals surface area contributed by atoms with Crippen molar-refractivity contribution in [3.8, 4) is 0 Å². The van der Waals surface area contributed by atoms with Crippen LogP contribution in [0.4, 0.5) is 11.5 Å². The van der Waals surface area contributed by atoms with Crippen molar-refractivity contribution in [2.45, 2.75) is 52.6 Å². The Morgan fingerprint density at radius 2 is 2.04 bits per heavy atom. The molecule has 0 saturated heterocycles. The minimum atomic E-state index is -0.584. The molecule has 0 saturated carbocycles. The van der Waals surface area contributed by atoms with Crippen molar-refractivity contribution in [1.82, 2.24) is 14.9 Å². The van der Waals surface area contributed by atoms with Crippen molar-refractivity contribution in [2.24, 2.45) is 0 Å². The van der Waals surface area contributed by atoms with Crippen LogP contribution in [0, 0.1) is 0 Å². The average molecular weight is 325 g/mol. The summed E-state index contributed by atoms with van der Waals surface area (Å²) in [4.78, 5) is 39.6. The van der Waals surface area contributed by atoms with Crippen molar-refractivity contribution < 1.29 is 4.79 Å². The van der Waals surface area contributed by atoms with E-state index in [1.807, 2.05) is 20.8 Å². The van der Waals surface area contributed by atoms with Gasteiger partial charge in [0.1, 0.15) is 11.5 Å². The van der Waals surface area contributed by atoms with Gasteiger partial charge in [-0.2, -0.15) is 0 Å². The molecule has 0 spiro atoms. The highest BCUT2D eigenvalue weighted by atomic mass is 16.2. The van der Waals surface area contributed by atoms with Crippen LogP contribution in [0.25, 0.3) is 0 Å². The van der Waals surface area contributed by atoms with Gasteiger partial charge < -0.3 is 16.0 Å². The normalized spacial score (nSPS) is 12.0. The van der Waals surface area contributed by atoms with E-state index in [-0.39, 0.29) is 30.0 Å². The molecule has 4 N–H and O–H groups in total. The zero-order valence-corrected chi connectivity index (χ0v) is 14.3. The number of carbonyl (C=O) groups is 1. The third kappa shape index (κ3) is 4.87. The number of rotatable bonds is 8. The second kappa shape index (κ2) is 8.40. The number of carbonyl (C=O) groups excluding carboxylic acids is 1. The molecule has 0 unspecified atom stereocenters. The molecule has 0 bridgehead atoms. The summed E-state index contributed by atoms with van der Waals surface area (Å²) in [7, 11) is 1.60. The highest BCUT2D eigenvalue weighted by Gasteiger charge is 2.18. The Balaban J connectivity index is 3.04. The summed E-state index contributed by atoms with van der Waals surface area (Å²) in [5.41, 5.74) is 5.03. The van der Waals surface area contributed by atoms with Gasteiger partial charge in [-0.3, -0.25) is 19.1 Å². The van der Waals surface area contributed by atoms with Crippen LogP contribution < -0.4 is 27.2 Å². The van der Waals surface area contributed by atoms with Crippen molar-refractivity contribution in [1.29, 1.82) is 0 Å². The Bertz CT molecular complexity index is 649. The van der Waals surface area contributed by atoms with Crippen LogP contribution in [0.2, 0.25) is 0 Å². The maximum Gasteiger partial charge on any atom is 0.330 e. The Morgan fingerprint density at radius 1 is 1.39 bits per heavy atom. The molecule has 1 amide bonds. The number of nitrogen functional groups attached to an aromatic ring is 1. The van der Waals surface area contributed by atoms with Crippen LogP contribution in [-0.4, -0.2) is 35.1 Å². The number of hydrogen-bond acceptors (Lipinski definition) is 5. The molecule has 1 aromatic rings. The number of nitrogens with zero attached hydrogens (tertiary/aromatic N) is 2. The lowest BCUT2D eigenvalue weighted by Crippen LogP contribution is -2.43. The molecule has 0 aromatic carbocycles. The van der Waals surface area contributed by atoms with E-state index in [1.54, 1.807) is 7.05 Å². The molecule has 130 valence electrons. The van der Waals surface area contributed by atoms with Gasteiger partial charge in [0, 0.05) is 19.6 Å². The number of unbranched alkanes of at least 4 members (excludes halogenated alkanes) is 1. The van der Waals surface area contributed by atoms with Crippen LogP contribution in [0.5, 0.6) is 0 Å². The van der Waals surface area contributed by atoms with Gasteiger partial charge in [-0.25, -0.2) is 4.79 Å². The minimum Gasteiger partial charge on any atom is -0.383 e. The molecule has 8 heteroatoms. The zero-order chi connectivity index (χ0) is 17.6. The monoisotopic (exact) mass is 325 g/mol. The van der Waals surface area contributed by atoms with Crippen LogP contribution in [0.15, 0.2) is 9.59 Å². The van der Waals surface area contributed by atoms with Crippen molar-refractivity contribution >= 4 is 17.4 Å². The number of anilines is 2. The van der Waals surface area contributed by atoms with E-state index in [4.69, 9.17) is 5.73 Å². The van der Waals surface area contributed by atoms with Crippen molar-refractivity contribution in [3.63, 3.8) is 0 Å². The van der Waals surface area contributed by atoms with E-state index >= 15 is 0 Å². The molecule has 0 radical (unpaired) electrons. The number of nitrogens with two attached hydrogens (primary N) is 1. The molecular formula is C15H27N5O3. The van der Waals surface area contributed by atoms with E-state index < -0.39 is 11.2 Å². The average Bonchev–Trinajstić information content (AvgIpc) is 2.46. The maximum atomic E-state index is 12.1. The van der Waals surface area contributed by atoms with E-state index in [1.165, 1.54) is 9.47 Å². The highest BCUT2D eigenvalue weighted by molar-refractivity contribution is 5.82. The first kappa shape index (κ1) is 18.8. The lowest BCUT2D eigenvalue weighted by atomic mass is 10.2. The fourth-order valence-corrected chi connectivity index (χ4v) is 2.20. The Kier molecular flexibility index (Phi) is 6.87. The second-order valence-electron chi connectivity index (χ2n) is 5.73. The minimum absolute atomic E-state index is 0.0103. The zero-order valence-electron chi connectivity index (χ0n) is 14.3. The highest BCUT2D eigenvalue weighted by Crippen LogP contribution is 2.15. The summed E-state index contributed by atoms with van der Waals surface area (Å²) in [5.74, 6) is -0.113. The summed E-state index contributed by atoms with van der Waals surface area (Å²) in [6, 6.07) is 0.0602. The summed E-state index contributed by atoms with van der Waals surface area (Å²) < 4.78 is 1.34. The van der Waals surface area contributed by atoms with Gasteiger partial charge in [0.15, 0.2) is 0 Å². The largest absolute Gasteiger partial charge is 0.383 e. The maximum absolute atomic E-state index is 12.1. The van der Waals surface area contributed by atoms with Crippen molar-refractivity contribution in [3.05, 3.63) is 20.8 Å². The quantitative estimate of drug-likeness (QED) is 0.635. The van der Waals surface area contributed by atoms with Crippen LogP contribution >= 0.6 is 0 Å². The van der Waals surface area contributed by atoms with E-state index in [2.05, 4.69) is 10.3 Å². The number of nitrogens with one attached hydrogen (secondary N) is 2. The lowest BCUT2D eigenvalue weighted by Gasteiger charge is -2.22. The standard InChI is InChI=1S/C15H27N5O3/c1-5-7-8-20-13(16)12(14(22)18-15(20)23)19(4)9-11(21)17-10(3)6-2/h10H,5-9,16H2,1-4H3,(H,17,21)(H,18,22,23)/t10-/m0/s1. The number of amides is 1. The molecule has 1 atom stereocenters. The number of H-pyrrole nitrogens is 1. The SMILES string of the molecule is CCCCn1c(N)c(N(C)CC(=O)N[C@@H](C)CC)c(=O)[nH]c1=O. The van der Waals surface area contributed by atoms with Gasteiger partial charge in [-0.05, 0) is 19.8 Å². The van der Waals surface area contributed by atoms with E-state index in [9.17, 15) is 14.4 Å². The number of aromatic nitrogens is 2. The van der Waals surface area contributed by atoms with Crippen LogP contribution in [0.3, 0.4) is 0 Å². The van der Waals surface area contributed by atoms with Crippen LogP contribution in [-0.2, 0) is 11.3 Å². The number of likely N-dealkylation sites (N-methyl/N-ethyl adjacent to an activating group) is 1. The second-order valence-corrected chi connectivity index (χ2v) is 5.73. The summed E-state index contributed by atoms with van der Waals surface area (Å²) in [5, 5.41) is 2.83. The van der Waals surface area contributed by atoms with Gasteiger partial charge in [0.25, 0.3) is 5.56 Å². The molecular weight excluding hydrogens is 298 g/mol. The first-order valence-electron chi connectivity index (χ1n) is 7.94. The molecule has 8 nitrogen and oxygen atoms in total. The number of hydrogen-bond donors (Lipinski definition) is 3. The Labute approximate surface area is 135 Å². The molecule has 0 aliphatic carbocycles. The van der Waals surface area contributed by atoms with Crippen LogP contribution in [0.1, 0.15) is 40.0 Å². The Morgan fingerprint density at radius 3 is 2.61 bits per heavy atom. The molecule has 1 rings (SSSR count). The fourth-order valence-electron chi connectivity index (χ4n) is 2.20. The third-order valence-corrected chi connectivity index (χ3v) is 3.73. The topological polar surface area (TPSA) is 113 Å². The molecule has 0 aliphatic heterocycles. The van der Waals surface area contributed by atoms with E-state index in [0.717, 1.165) is 19.3 Å². The molecule has 1 heterocycles. The van der Waals surface area contributed by atoms with Gasteiger partial charge in [0.2, 0.25) is 5.91 Å². The lowest BCUT2D eigenvalue weighted by molar-refractivity contribution is -0.120. The first-order chi connectivity index (χ1) is 10.8. The summed E-state index contributed by atoms with van der Waals surface area (Å²) >= 11 is 0. The molecule has 1 aromatic heterocycles.